The molecule has 43 heavy (non-hydrogen) atoms. The van der Waals surface area contributed by atoms with Gasteiger partial charge in [0.2, 0.25) is 5.91 Å². The van der Waals surface area contributed by atoms with Crippen LogP contribution in [0.4, 0.5) is 0 Å². The fourth-order valence-corrected chi connectivity index (χ4v) is 5.96. The first-order valence-corrected chi connectivity index (χ1v) is 15.1. The molecule has 0 spiro atoms. The van der Waals surface area contributed by atoms with E-state index in [1.807, 2.05) is 26.0 Å². The predicted octanol–water partition coefficient (Wildman–Crippen LogP) is 9.09. The average molecular weight is 586 g/mol. The van der Waals surface area contributed by atoms with Gasteiger partial charge in [0.15, 0.2) is 0 Å². The first-order valence-electron chi connectivity index (χ1n) is 15.1. The predicted molar refractivity (Wildman–Crippen MR) is 177 cm³/mol. The van der Waals surface area contributed by atoms with Crippen LogP contribution in [0.2, 0.25) is 0 Å². The van der Waals surface area contributed by atoms with Crippen molar-refractivity contribution >= 4 is 39.9 Å². The van der Waals surface area contributed by atoms with Crippen LogP contribution in [0.25, 0.3) is 34.0 Å². The number of fused-ring (bicyclic) bond motifs is 8. The zero-order chi connectivity index (χ0) is 31.7. The van der Waals surface area contributed by atoms with Crippen LogP contribution in [-0.4, -0.2) is 40.7 Å². The molecule has 0 saturated heterocycles. The molecule has 4 aromatic rings. The molecule has 1 aliphatic carbocycles. The molecule has 2 aromatic heterocycles. The van der Waals surface area contributed by atoms with Crippen molar-refractivity contribution in [3.8, 4) is 5.75 Å². The molecular formula is C36H47N3O4. The molecule has 0 bridgehead atoms. The zero-order valence-corrected chi connectivity index (χ0v) is 27.0. The Labute approximate surface area is 256 Å². The third-order valence-corrected chi connectivity index (χ3v) is 8.15. The maximum Gasteiger partial charge on any atom is 0.242 e. The molecular weight excluding hydrogens is 538 g/mol. The van der Waals surface area contributed by atoms with Crippen LogP contribution in [0.15, 0.2) is 66.5 Å². The number of hydroxylamine groups is 2. The topological polar surface area (TPSA) is 77.7 Å². The number of hydrogen-bond acceptors (Lipinski definition) is 6. The van der Waals surface area contributed by atoms with Gasteiger partial charge in [0.05, 0.1) is 42.1 Å². The van der Waals surface area contributed by atoms with Crippen molar-refractivity contribution in [2.75, 3.05) is 14.2 Å². The van der Waals surface area contributed by atoms with Gasteiger partial charge in [-0.05, 0) is 62.8 Å². The zero-order valence-electron chi connectivity index (χ0n) is 27.0. The Morgan fingerprint density at radius 1 is 1.00 bits per heavy atom. The van der Waals surface area contributed by atoms with Crippen molar-refractivity contribution in [1.29, 1.82) is 0 Å². The van der Waals surface area contributed by atoms with Crippen molar-refractivity contribution in [2.24, 2.45) is 11.8 Å². The maximum absolute atomic E-state index is 10.2. The largest absolute Gasteiger partial charge is 0.487 e. The minimum Gasteiger partial charge on any atom is -0.487 e. The Bertz CT molecular complexity index is 1510. The normalized spacial score (nSPS) is 19.4. The summed E-state index contributed by atoms with van der Waals surface area (Å²) in [6.45, 7) is 20.2. The van der Waals surface area contributed by atoms with Gasteiger partial charge in [-0.1, -0.05) is 64.6 Å². The molecule has 0 N–H and O–H groups in total. The standard InChI is InChI=1S/C26H28N2O.C4H9NO2.C4H4O.C2H6/c1-6-20-21(7-2)28-24-22-18-14-15(3)12-13-19(18)26(4,5)29-25(22)17-11-9-8-10-16(17)23(24)27-20;1-4(6)5(2)7-3;1-2-4-5-3-1;1-2/h6-11,15,18-19H,1-2,12-14H2,3-5H3;1-3H3;1-4H;1-2H3/t15?,18-,19?;;;/m0.../s1. The highest BCUT2D eigenvalue weighted by molar-refractivity contribution is 6.10. The van der Waals surface area contributed by atoms with Gasteiger partial charge in [0, 0.05) is 36.2 Å². The Morgan fingerprint density at radius 3 is 2.07 bits per heavy atom. The van der Waals surface area contributed by atoms with Crippen LogP contribution in [0.1, 0.15) is 83.7 Å². The lowest BCUT2D eigenvalue weighted by Gasteiger charge is -2.49. The quantitative estimate of drug-likeness (QED) is 0.176. The first kappa shape index (κ1) is 33.5. The molecule has 2 aromatic carbocycles. The van der Waals surface area contributed by atoms with Gasteiger partial charge in [0.1, 0.15) is 11.4 Å². The van der Waals surface area contributed by atoms with E-state index in [4.69, 9.17) is 14.7 Å². The van der Waals surface area contributed by atoms with Gasteiger partial charge in [-0.2, -0.15) is 0 Å². The number of carbonyl (C=O) groups is 1. The molecule has 2 aliphatic rings. The van der Waals surface area contributed by atoms with Crippen LogP contribution in [0.3, 0.4) is 0 Å². The molecule has 230 valence electrons. The minimum absolute atomic E-state index is 0.0949. The summed E-state index contributed by atoms with van der Waals surface area (Å²) in [5, 5.41) is 3.38. The summed E-state index contributed by atoms with van der Waals surface area (Å²) in [5.74, 6) is 2.54. The molecule has 1 aliphatic heterocycles. The molecule has 6 rings (SSSR count). The second kappa shape index (κ2) is 15.0. The average Bonchev–Trinajstić information content (AvgIpc) is 3.61. The minimum atomic E-state index is -0.190. The van der Waals surface area contributed by atoms with Gasteiger partial charge in [-0.15, -0.1) is 0 Å². The number of furan rings is 1. The molecule has 2 unspecified atom stereocenters. The van der Waals surface area contributed by atoms with E-state index in [-0.39, 0.29) is 11.5 Å². The van der Waals surface area contributed by atoms with Crippen LogP contribution in [0.5, 0.6) is 5.75 Å². The molecule has 1 amide bonds. The van der Waals surface area contributed by atoms with Crippen LogP contribution in [-0.2, 0) is 9.63 Å². The van der Waals surface area contributed by atoms with E-state index in [1.54, 1.807) is 31.7 Å². The smallest absolute Gasteiger partial charge is 0.242 e. The highest BCUT2D eigenvalue weighted by Gasteiger charge is 2.47. The van der Waals surface area contributed by atoms with E-state index >= 15 is 0 Å². The Morgan fingerprint density at radius 2 is 1.58 bits per heavy atom. The lowest BCUT2D eigenvalue weighted by Crippen LogP contribution is -2.46. The van der Waals surface area contributed by atoms with Crippen LogP contribution in [0, 0.1) is 11.8 Å². The molecule has 3 atom stereocenters. The van der Waals surface area contributed by atoms with E-state index in [9.17, 15) is 4.79 Å². The summed E-state index contributed by atoms with van der Waals surface area (Å²) in [6.07, 6.45) is 10.4. The number of hydrogen-bond donors (Lipinski definition) is 0. The summed E-state index contributed by atoms with van der Waals surface area (Å²) < 4.78 is 11.3. The second-order valence-electron chi connectivity index (χ2n) is 11.2. The first-order chi connectivity index (χ1) is 20.6. The van der Waals surface area contributed by atoms with E-state index < -0.39 is 0 Å². The molecule has 7 nitrogen and oxygen atoms in total. The van der Waals surface area contributed by atoms with Gasteiger partial charge in [-0.25, -0.2) is 15.0 Å². The fraction of sp³-hybridized carbons (Fsp3) is 0.417. The van der Waals surface area contributed by atoms with Crippen molar-refractivity contribution in [1.82, 2.24) is 15.0 Å². The van der Waals surface area contributed by atoms with Gasteiger partial charge >= 0.3 is 0 Å². The lowest BCUT2D eigenvalue weighted by molar-refractivity contribution is -0.165. The van der Waals surface area contributed by atoms with Crippen molar-refractivity contribution in [3.05, 3.63) is 79.0 Å². The Balaban J connectivity index is 0.000000301. The van der Waals surface area contributed by atoms with Gasteiger partial charge in [-0.3, -0.25) is 9.63 Å². The van der Waals surface area contributed by atoms with Crippen molar-refractivity contribution < 1.29 is 18.8 Å². The van der Waals surface area contributed by atoms with Gasteiger partial charge < -0.3 is 9.15 Å². The van der Waals surface area contributed by atoms with Crippen molar-refractivity contribution in [2.45, 2.75) is 72.3 Å². The molecule has 3 heterocycles. The molecule has 1 saturated carbocycles. The number of benzene rings is 2. The van der Waals surface area contributed by atoms with Crippen molar-refractivity contribution in [3.63, 3.8) is 0 Å². The maximum atomic E-state index is 10.2. The molecule has 1 fully saturated rings. The van der Waals surface area contributed by atoms with Crippen LogP contribution >= 0.6 is 0 Å². The Hall–Kier alpha value is -3.97. The number of amides is 1. The number of nitrogens with zero attached hydrogens (tertiary/aromatic N) is 3. The van der Waals surface area contributed by atoms with Crippen LogP contribution < -0.4 is 4.74 Å². The third-order valence-electron chi connectivity index (χ3n) is 8.15. The number of ether oxygens (including phenoxy) is 1. The SMILES string of the molecule is C=Cc1nc2c3c(c4ccccc4c2nc1C=C)OC(C)(C)C1CCC(C)C[C@H]31.CC.CON(C)C(C)=O.c1ccoc1. The number of carbonyl (C=O) groups excluding carboxylic acids is 1. The summed E-state index contributed by atoms with van der Waals surface area (Å²) in [7, 11) is 3.00. The van der Waals surface area contributed by atoms with E-state index in [1.165, 1.54) is 38.9 Å². The molecule has 7 heteroatoms. The Kier molecular flexibility index (Phi) is 11.7. The summed E-state index contributed by atoms with van der Waals surface area (Å²) in [6, 6.07) is 12.1. The lowest BCUT2D eigenvalue weighted by atomic mass is 9.64. The summed E-state index contributed by atoms with van der Waals surface area (Å²) in [5.41, 5.74) is 4.54. The highest BCUT2D eigenvalue weighted by atomic mass is 16.7. The van der Waals surface area contributed by atoms with E-state index in [0.29, 0.717) is 17.8 Å². The van der Waals surface area contributed by atoms with E-state index in [0.717, 1.165) is 44.0 Å². The summed E-state index contributed by atoms with van der Waals surface area (Å²) in [4.78, 5) is 24.7. The summed E-state index contributed by atoms with van der Waals surface area (Å²) >= 11 is 0. The number of rotatable bonds is 3. The highest BCUT2D eigenvalue weighted by Crippen LogP contribution is 2.56. The fourth-order valence-electron chi connectivity index (χ4n) is 5.96. The number of aromatic nitrogens is 2. The third kappa shape index (κ3) is 7.34. The van der Waals surface area contributed by atoms with E-state index in [2.05, 4.69) is 67.4 Å². The van der Waals surface area contributed by atoms with Gasteiger partial charge in [0.25, 0.3) is 0 Å². The molecule has 0 radical (unpaired) electrons. The monoisotopic (exact) mass is 585 g/mol. The second-order valence-corrected chi connectivity index (χ2v) is 11.2.